The van der Waals surface area contributed by atoms with E-state index in [2.05, 4.69) is 23.1 Å². The number of fused-ring (bicyclic) bond motifs is 3. The fraction of sp³-hybridized carbons (Fsp3) is 0.550. The average Bonchev–Trinajstić information content (AvgIpc) is 3.02. The lowest BCUT2D eigenvalue weighted by molar-refractivity contribution is -0.147. The molecule has 144 valence electrons. The molecule has 7 heteroatoms. The summed E-state index contributed by atoms with van der Waals surface area (Å²) in [7, 11) is 1.74. The third kappa shape index (κ3) is 2.45. The molecule has 4 heterocycles. The minimum absolute atomic E-state index is 0.0769. The van der Waals surface area contributed by atoms with Crippen molar-refractivity contribution in [1.82, 2.24) is 0 Å². The molecular weight excluding hydrogens is 350 g/mol. The fourth-order valence-electron chi connectivity index (χ4n) is 4.93. The summed E-state index contributed by atoms with van der Waals surface area (Å²) in [4.78, 5) is 13.7. The largest absolute Gasteiger partial charge is 0.463 e. The van der Waals surface area contributed by atoms with Crippen LogP contribution in [0.15, 0.2) is 24.3 Å². The molecule has 0 amide bonds. The second-order valence-electron chi connectivity index (χ2n) is 7.53. The Labute approximate surface area is 157 Å². The Balaban J connectivity index is 1.67. The smallest absolute Gasteiger partial charge is 0.302 e. The van der Waals surface area contributed by atoms with E-state index in [0.717, 1.165) is 35.7 Å². The highest BCUT2D eigenvalue weighted by molar-refractivity contribution is 5.69. The van der Waals surface area contributed by atoms with E-state index in [-0.39, 0.29) is 37.5 Å². The van der Waals surface area contributed by atoms with E-state index in [1.165, 1.54) is 6.92 Å². The maximum Gasteiger partial charge on any atom is 0.302 e. The maximum atomic E-state index is 11.5. The number of nitrogens with zero attached hydrogens (tertiary/aromatic N) is 1. The summed E-state index contributed by atoms with van der Waals surface area (Å²) >= 11 is 0. The van der Waals surface area contributed by atoms with Crippen LogP contribution < -0.4 is 14.4 Å². The normalized spacial score (nSPS) is 32.7. The van der Waals surface area contributed by atoms with E-state index >= 15 is 0 Å². The molecule has 6 rings (SSSR count). The van der Waals surface area contributed by atoms with Crippen LogP contribution in [0.5, 0.6) is 11.5 Å². The molecule has 1 saturated heterocycles. The average molecular weight is 373 g/mol. The number of methoxy groups -OCH3 is 1. The molecule has 2 bridgehead atoms. The Morgan fingerprint density at radius 2 is 2.15 bits per heavy atom. The van der Waals surface area contributed by atoms with Gasteiger partial charge in [-0.15, -0.1) is 0 Å². The first-order valence-electron chi connectivity index (χ1n) is 9.28. The molecule has 4 aliphatic heterocycles. The Hall–Kier alpha value is -2.25. The quantitative estimate of drug-likeness (QED) is 0.593. The van der Waals surface area contributed by atoms with Gasteiger partial charge < -0.3 is 28.6 Å². The predicted octanol–water partition coefficient (Wildman–Crippen LogP) is 1.98. The molecule has 27 heavy (non-hydrogen) atoms. The van der Waals surface area contributed by atoms with Gasteiger partial charge in [-0.3, -0.25) is 4.79 Å². The van der Waals surface area contributed by atoms with Gasteiger partial charge in [0.05, 0.1) is 6.10 Å². The van der Waals surface area contributed by atoms with Gasteiger partial charge >= 0.3 is 5.97 Å². The summed E-state index contributed by atoms with van der Waals surface area (Å²) in [6, 6.07) is 4.12. The van der Waals surface area contributed by atoms with Gasteiger partial charge in [0, 0.05) is 37.7 Å². The van der Waals surface area contributed by atoms with Gasteiger partial charge in [0.15, 0.2) is 11.5 Å². The Bertz CT molecular complexity index is 808. The van der Waals surface area contributed by atoms with Crippen LogP contribution in [0.3, 0.4) is 0 Å². The maximum absolute atomic E-state index is 11.5. The summed E-state index contributed by atoms with van der Waals surface area (Å²) < 4.78 is 28.5. The van der Waals surface area contributed by atoms with Gasteiger partial charge in [-0.2, -0.15) is 0 Å². The van der Waals surface area contributed by atoms with Crippen LogP contribution in [0.25, 0.3) is 0 Å². The van der Waals surface area contributed by atoms with E-state index in [9.17, 15) is 4.79 Å². The number of anilines is 1. The lowest BCUT2D eigenvalue weighted by Gasteiger charge is -2.49. The minimum atomic E-state index is -0.395. The number of carbonyl (C=O) groups excluding carboxylic acids is 1. The highest BCUT2D eigenvalue weighted by Crippen LogP contribution is 2.55. The molecule has 1 aliphatic carbocycles. The van der Waals surface area contributed by atoms with Crippen LogP contribution in [0, 0.1) is 5.92 Å². The molecule has 1 fully saturated rings. The lowest BCUT2D eigenvalue weighted by atomic mass is 9.60. The summed E-state index contributed by atoms with van der Waals surface area (Å²) in [5.74, 6) is 1.50. The highest BCUT2D eigenvalue weighted by atomic mass is 16.7. The van der Waals surface area contributed by atoms with Crippen molar-refractivity contribution >= 4 is 11.7 Å². The van der Waals surface area contributed by atoms with E-state index < -0.39 is 5.41 Å². The second-order valence-corrected chi connectivity index (χ2v) is 7.53. The van der Waals surface area contributed by atoms with Crippen LogP contribution in [-0.2, 0) is 24.4 Å². The van der Waals surface area contributed by atoms with Crippen molar-refractivity contribution in [2.75, 3.05) is 38.7 Å². The zero-order chi connectivity index (χ0) is 18.6. The molecule has 0 unspecified atom stereocenters. The highest BCUT2D eigenvalue weighted by Gasteiger charge is 2.55. The number of carbonyl (C=O) groups is 1. The van der Waals surface area contributed by atoms with Crippen molar-refractivity contribution in [2.45, 2.75) is 31.0 Å². The number of esters is 1. The lowest BCUT2D eigenvalue weighted by Crippen LogP contribution is -2.53. The molecule has 5 aliphatic rings. The van der Waals surface area contributed by atoms with Crippen molar-refractivity contribution < 1.29 is 28.5 Å². The molecule has 1 spiro atoms. The van der Waals surface area contributed by atoms with Crippen LogP contribution in [-0.4, -0.2) is 52.0 Å². The molecule has 0 saturated carbocycles. The molecule has 1 aromatic carbocycles. The first-order valence-corrected chi connectivity index (χ1v) is 9.28. The summed E-state index contributed by atoms with van der Waals surface area (Å²) in [6.45, 7) is 3.19. The molecule has 0 N–H and O–H groups in total. The van der Waals surface area contributed by atoms with Gasteiger partial charge in [0.25, 0.3) is 0 Å². The van der Waals surface area contributed by atoms with E-state index in [1.54, 1.807) is 7.11 Å². The van der Waals surface area contributed by atoms with Crippen LogP contribution in [0.2, 0.25) is 0 Å². The second kappa shape index (κ2) is 6.14. The molecule has 0 radical (unpaired) electrons. The number of ether oxygens (including phenoxy) is 5. The zero-order valence-corrected chi connectivity index (χ0v) is 15.5. The van der Waals surface area contributed by atoms with Gasteiger partial charge in [-0.25, -0.2) is 0 Å². The number of hydrogen-bond donors (Lipinski definition) is 0. The molecule has 0 aromatic heterocycles. The van der Waals surface area contributed by atoms with Crippen LogP contribution >= 0.6 is 0 Å². The summed E-state index contributed by atoms with van der Waals surface area (Å²) in [6.07, 6.45) is 5.00. The first-order chi connectivity index (χ1) is 13.1. The third-order valence-corrected chi connectivity index (χ3v) is 6.22. The monoisotopic (exact) mass is 373 g/mol. The van der Waals surface area contributed by atoms with Crippen LogP contribution in [0.1, 0.15) is 18.9 Å². The summed E-state index contributed by atoms with van der Waals surface area (Å²) in [5, 5.41) is 0. The van der Waals surface area contributed by atoms with Crippen LogP contribution in [0.4, 0.5) is 5.69 Å². The topological polar surface area (TPSA) is 66.5 Å². The van der Waals surface area contributed by atoms with E-state index in [4.69, 9.17) is 23.7 Å². The third-order valence-electron chi connectivity index (χ3n) is 6.22. The van der Waals surface area contributed by atoms with Crippen molar-refractivity contribution in [1.29, 1.82) is 0 Å². The zero-order valence-electron chi connectivity index (χ0n) is 15.5. The number of rotatable bonds is 3. The Morgan fingerprint density at radius 1 is 1.33 bits per heavy atom. The Kier molecular flexibility index (Phi) is 3.84. The van der Waals surface area contributed by atoms with Crippen molar-refractivity contribution in [2.24, 2.45) is 5.92 Å². The van der Waals surface area contributed by atoms with Gasteiger partial charge in [-0.1, -0.05) is 12.2 Å². The molecular formula is C20H23NO6. The van der Waals surface area contributed by atoms with E-state index in [0.29, 0.717) is 6.73 Å². The van der Waals surface area contributed by atoms with E-state index in [1.807, 2.05) is 6.07 Å². The molecule has 7 nitrogen and oxygen atoms in total. The Morgan fingerprint density at radius 3 is 2.93 bits per heavy atom. The van der Waals surface area contributed by atoms with Gasteiger partial charge in [-0.05, 0) is 24.0 Å². The van der Waals surface area contributed by atoms with Gasteiger partial charge in [0.1, 0.15) is 19.4 Å². The van der Waals surface area contributed by atoms with Crippen molar-refractivity contribution in [3.05, 3.63) is 29.8 Å². The first kappa shape index (κ1) is 16.9. The SMILES string of the molecule is CO[C@@H]1C=C[C@@]23c4cc5c(cc4N(CO[C@@H]2COC(C)=O)C[C@@H]3C1)OCO5. The van der Waals surface area contributed by atoms with Crippen molar-refractivity contribution in [3.63, 3.8) is 0 Å². The van der Waals surface area contributed by atoms with Gasteiger partial charge in [0.2, 0.25) is 6.79 Å². The minimum Gasteiger partial charge on any atom is -0.463 e. The molecule has 4 atom stereocenters. The standard InChI is InChI=1S/C20H23NO6/c1-12(22)24-9-19-20-4-3-14(23-2)5-13(20)8-21(10-25-19)16-7-18-17(6-15(16)20)26-11-27-18/h3-4,6-7,13-14,19H,5,8-11H2,1-2H3/t13-,14+,19+,20+/m0/s1. The number of hydrogen-bond acceptors (Lipinski definition) is 7. The predicted molar refractivity (Wildman–Crippen MR) is 96.0 cm³/mol. The number of benzene rings is 1. The molecule has 1 aromatic rings. The fourth-order valence-corrected chi connectivity index (χ4v) is 4.93. The van der Waals surface area contributed by atoms with Crippen molar-refractivity contribution in [3.8, 4) is 11.5 Å². The summed E-state index contributed by atoms with van der Waals surface area (Å²) in [5.41, 5.74) is 1.85.